The van der Waals surface area contributed by atoms with Crippen molar-refractivity contribution in [3.8, 4) is 5.75 Å². The van der Waals surface area contributed by atoms with Crippen LogP contribution in [0.5, 0.6) is 5.75 Å². The predicted octanol–water partition coefficient (Wildman–Crippen LogP) is 4.17. The zero-order valence-electron chi connectivity index (χ0n) is 16.2. The number of hydrogen-bond acceptors (Lipinski definition) is 4. The molecule has 0 N–H and O–H groups in total. The molecule has 1 aliphatic rings. The van der Waals surface area contributed by atoms with Gasteiger partial charge in [-0.3, -0.25) is 4.90 Å². The summed E-state index contributed by atoms with van der Waals surface area (Å²) in [7, 11) is 3.31. The smallest absolute Gasteiger partial charge is 0.416 e. The van der Waals surface area contributed by atoms with Gasteiger partial charge in [0.15, 0.2) is 0 Å². The maximum absolute atomic E-state index is 13.2. The van der Waals surface area contributed by atoms with Gasteiger partial charge in [-0.25, -0.2) is 4.98 Å². The minimum absolute atomic E-state index is 0.143. The molecule has 2 heterocycles. The molecule has 1 aromatic heterocycles. The standard InChI is InChI=1S/C21H22F3N3O2/c1-26-13-25-18-4-3-15(9-19(18)26)20-12-27(5-6-29-20)11-14-7-16(21(22,23)24)10-17(8-14)28-2/h3-4,7-10,13,20H,5-6,11-12H2,1-2H3/t20-/m0/s1. The Morgan fingerprint density at radius 1 is 1.21 bits per heavy atom. The third-order valence-electron chi connectivity index (χ3n) is 5.21. The molecule has 1 atom stereocenters. The summed E-state index contributed by atoms with van der Waals surface area (Å²) in [5.74, 6) is 0.210. The normalized spacial score (nSPS) is 18.3. The van der Waals surface area contributed by atoms with Gasteiger partial charge in [0.25, 0.3) is 0 Å². The molecule has 0 radical (unpaired) electrons. The number of methoxy groups -OCH3 is 1. The van der Waals surface area contributed by atoms with Gasteiger partial charge in [0, 0.05) is 26.7 Å². The first kappa shape index (κ1) is 19.7. The average Bonchev–Trinajstić information content (AvgIpc) is 3.07. The van der Waals surface area contributed by atoms with Crippen LogP contribution in [-0.4, -0.2) is 41.3 Å². The summed E-state index contributed by atoms with van der Waals surface area (Å²) < 4.78 is 52.5. The predicted molar refractivity (Wildman–Crippen MR) is 103 cm³/mol. The van der Waals surface area contributed by atoms with Gasteiger partial charge in [-0.05, 0) is 41.5 Å². The molecule has 1 fully saturated rings. The number of alkyl halides is 3. The second kappa shape index (κ2) is 7.68. The van der Waals surface area contributed by atoms with Crippen LogP contribution in [0.2, 0.25) is 0 Å². The average molecular weight is 405 g/mol. The van der Waals surface area contributed by atoms with Gasteiger partial charge in [0.2, 0.25) is 0 Å². The van der Waals surface area contributed by atoms with Gasteiger partial charge in [-0.2, -0.15) is 13.2 Å². The molecule has 8 heteroatoms. The highest BCUT2D eigenvalue weighted by molar-refractivity contribution is 5.76. The Balaban J connectivity index is 1.53. The molecule has 1 aliphatic heterocycles. The molecule has 4 rings (SSSR count). The summed E-state index contributed by atoms with van der Waals surface area (Å²) in [6.45, 7) is 2.17. The summed E-state index contributed by atoms with van der Waals surface area (Å²) in [5.41, 5.74) is 2.84. The number of ether oxygens (including phenoxy) is 2. The quantitative estimate of drug-likeness (QED) is 0.653. The molecular weight excluding hydrogens is 383 g/mol. The van der Waals surface area contributed by atoms with Crippen LogP contribution in [0, 0.1) is 0 Å². The van der Waals surface area contributed by atoms with E-state index in [1.807, 2.05) is 23.7 Å². The summed E-state index contributed by atoms with van der Waals surface area (Å²) >= 11 is 0. The van der Waals surface area contributed by atoms with Crippen LogP contribution in [0.4, 0.5) is 13.2 Å². The topological polar surface area (TPSA) is 39.5 Å². The summed E-state index contributed by atoms with van der Waals surface area (Å²) in [4.78, 5) is 6.44. The van der Waals surface area contributed by atoms with Crippen LogP contribution < -0.4 is 4.74 Å². The molecule has 1 saturated heterocycles. The molecule has 0 saturated carbocycles. The molecule has 0 spiro atoms. The Morgan fingerprint density at radius 2 is 2.03 bits per heavy atom. The number of fused-ring (bicyclic) bond motifs is 1. The van der Waals surface area contributed by atoms with E-state index in [-0.39, 0.29) is 11.9 Å². The van der Waals surface area contributed by atoms with Gasteiger partial charge in [0.1, 0.15) is 5.75 Å². The molecular formula is C21H22F3N3O2. The monoisotopic (exact) mass is 405 g/mol. The number of halogens is 3. The van der Waals surface area contributed by atoms with Crippen LogP contribution in [0.3, 0.4) is 0 Å². The molecule has 3 aromatic rings. The van der Waals surface area contributed by atoms with Crippen LogP contribution in [-0.2, 0) is 24.5 Å². The van der Waals surface area contributed by atoms with Crippen LogP contribution in [0.15, 0.2) is 42.7 Å². The Labute approximate surface area is 166 Å². The largest absolute Gasteiger partial charge is 0.497 e. The summed E-state index contributed by atoms with van der Waals surface area (Å²) in [6, 6.07) is 9.88. The molecule has 0 unspecified atom stereocenters. The third-order valence-corrected chi connectivity index (χ3v) is 5.21. The van der Waals surface area contributed by atoms with Crippen LogP contribution >= 0.6 is 0 Å². The number of hydrogen-bond donors (Lipinski definition) is 0. The number of imidazole rings is 1. The van der Waals surface area contributed by atoms with Crippen molar-refractivity contribution in [1.82, 2.24) is 14.5 Å². The first-order valence-corrected chi connectivity index (χ1v) is 9.33. The van der Waals surface area contributed by atoms with Crippen molar-refractivity contribution in [3.05, 3.63) is 59.4 Å². The molecule has 0 bridgehead atoms. The zero-order chi connectivity index (χ0) is 20.6. The second-order valence-electron chi connectivity index (χ2n) is 7.27. The van der Waals surface area contributed by atoms with Crippen LogP contribution in [0.25, 0.3) is 11.0 Å². The minimum Gasteiger partial charge on any atom is -0.497 e. The molecule has 2 aromatic carbocycles. The number of nitrogens with zero attached hydrogens (tertiary/aromatic N) is 3. The van der Waals surface area contributed by atoms with Crippen molar-refractivity contribution in [2.75, 3.05) is 26.8 Å². The number of aryl methyl sites for hydroxylation is 1. The van der Waals surface area contributed by atoms with E-state index in [1.54, 1.807) is 12.4 Å². The summed E-state index contributed by atoms with van der Waals surface area (Å²) in [5, 5.41) is 0. The first-order chi connectivity index (χ1) is 13.8. The highest BCUT2D eigenvalue weighted by Gasteiger charge is 2.32. The van der Waals surface area contributed by atoms with Gasteiger partial charge in [-0.1, -0.05) is 6.07 Å². The van der Waals surface area contributed by atoms with E-state index in [4.69, 9.17) is 9.47 Å². The van der Waals surface area contributed by atoms with Crippen molar-refractivity contribution in [2.45, 2.75) is 18.8 Å². The minimum atomic E-state index is -4.41. The molecule has 29 heavy (non-hydrogen) atoms. The fourth-order valence-corrected chi connectivity index (χ4v) is 3.68. The van der Waals surface area contributed by atoms with Crippen LogP contribution in [0.1, 0.15) is 22.8 Å². The molecule has 5 nitrogen and oxygen atoms in total. The highest BCUT2D eigenvalue weighted by Crippen LogP contribution is 2.33. The SMILES string of the molecule is COc1cc(CN2CCO[C@H](c3ccc4ncn(C)c4c3)C2)cc(C(F)(F)F)c1. The Hall–Kier alpha value is -2.58. The maximum Gasteiger partial charge on any atom is 0.416 e. The van der Waals surface area contributed by atoms with Crippen molar-refractivity contribution in [1.29, 1.82) is 0 Å². The van der Waals surface area contributed by atoms with E-state index >= 15 is 0 Å². The van der Waals surface area contributed by atoms with E-state index < -0.39 is 11.7 Å². The van der Waals surface area contributed by atoms with Crippen molar-refractivity contribution >= 4 is 11.0 Å². The first-order valence-electron chi connectivity index (χ1n) is 9.33. The lowest BCUT2D eigenvalue weighted by Crippen LogP contribution is -2.37. The van der Waals surface area contributed by atoms with Crippen molar-refractivity contribution < 1.29 is 22.6 Å². The van der Waals surface area contributed by atoms with Gasteiger partial charge >= 0.3 is 6.18 Å². The van der Waals surface area contributed by atoms with Gasteiger partial charge < -0.3 is 14.0 Å². The zero-order valence-corrected chi connectivity index (χ0v) is 16.2. The fraction of sp³-hybridized carbons (Fsp3) is 0.381. The lowest BCUT2D eigenvalue weighted by atomic mass is 10.1. The third kappa shape index (κ3) is 4.23. The van der Waals surface area contributed by atoms with Crippen molar-refractivity contribution in [3.63, 3.8) is 0 Å². The Kier molecular flexibility index (Phi) is 5.23. The number of benzene rings is 2. The van der Waals surface area contributed by atoms with E-state index in [2.05, 4.69) is 16.0 Å². The van der Waals surface area contributed by atoms with E-state index in [1.165, 1.54) is 13.2 Å². The number of aromatic nitrogens is 2. The highest BCUT2D eigenvalue weighted by atomic mass is 19.4. The fourth-order valence-electron chi connectivity index (χ4n) is 3.68. The maximum atomic E-state index is 13.2. The number of rotatable bonds is 4. The Bertz CT molecular complexity index is 1020. The van der Waals surface area contributed by atoms with Crippen molar-refractivity contribution in [2.24, 2.45) is 7.05 Å². The lowest BCUT2D eigenvalue weighted by Gasteiger charge is -2.33. The van der Waals surface area contributed by atoms with E-state index in [0.717, 1.165) is 22.7 Å². The summed E-state index contributed by atoms with van der Waals surface area (Å²) in [6.07, 6.45) is -2.78. The molecule has 154 valence electrons. The lowest BCUT2D eigenvalue weighted by molar-refractivity contribution is -0.137. The number of morpholine rings is 1. The second-order valence-corrected chi connectivity index (χ2v) is 7.27. The van der Waals surface area contributed by atoms with E-state index in [0.29, 0.717) is 31.8 Å². The van der Waals surface area contributed by atoms with E-state index in [9.17, 15) is 13.2 Å². The Morgan fingerprint density at radius 3 is 2.79 bits per heavy atom. The molecule has 0 aliphatic carbocycles. The van der Waals surface area contributed by atoms with Gasteiger partial charge in [0.05, 0.1) is 42.7 Å². The van der Waals surface area contributed by atoms with Gasteiger partial charge in [-0.15, -0.1) is 0 Å². The molecule has 0 amide bonds.